The molecule has 1 amide bonds. The van der Waals surface area contributed by atoms with Crippen molar-refractivity contribution < 1.29 is 24.2 Å². The van der Waals surface area contributed by atoms with Crippen molar-refractivity contribution >= 4 is 11.9 Å². The molecule has 182 valence electrons. The molecule has 3 atom stereocenters. The minimum absolute atomic E-state index is 0.0850. The molecule has 2 fully saturated rings. The van der Waals surface area contributed by atoms with Gasteiger partial charge < -0.3 is 19.9 Å². The minimum atomic E-state index is -0.748. The molecule has 0 aromatic heterocycles. The molecule has 34 heavy (non-hydrogen) atoms. The van der Waals surface area contributed by atoms with E-state index >= 15 is 0 Å². The Morgan fingerprint density at radius 1 is 1.03 bits per heavy atom. The summed E-state index contributed by atoms with van der Waals surface area (Å²) in [6.07, 6.45) is -0.00875. The summed E-state index contributed by atoms with van der Waals surface area (Å²) in [5.74, 6) is -0.374. The number of benzene rings is 2. The molecule has 2 aliphatic heterocycles. The minimum Gasteiger partial charge on any atom is -0.462 e. The van der Waals surface area contributed by atoms with Crippen molar-refractivity contribution in [1.82, 2.24) is 15.1 Å². The van der Waals surface area contributed by atoms with E-state index in [1.165, 1.54) is 0 Å². The third-order valence-electron chi connectivity index (χ3n) is 6.44. The predicted molar refractivity (Wildman–Crippen MR) is 127 cm³/mol. The number of rotatable bonds is 7. The van der Waals surface area contributed by atoms with Crippen molar-refractivity contribution in [3.05, 3.63) is 71.3 Å². The molecule has 0 aliphatic carbocycles. The molecule has 4 rings (SSSR count). The van der Waals surface area contributed by atoms with E-state index in [1.807, 2.05) is 40.1 Å². The first kappa shape index (κ1) is 24.3. The average Bonchev–Trinajstić information content (AvgIpc) is 2.89. The maximum atomic E-state index is 12.8. The van der Waals surface area contributed by atoms with Crippen LogP contribution in [0.5, 0.6) is 0 Å². The van der Waals surface area contributed by atoms with Gasteiger partial charge in [0.05, 0.1) is 25.4 Å². The van der Waals surface area contributed by atoms with Gasteiger partial charge in [0.1, 0.15) is 0 Å². The van der Waals surface area contributed by atoms with Crippen molar-refractivity contribution in [3.63, 3.8) is 0 Å². The third-order valence-corrected chi connectivity index (χ3v) is 6.44. The number of aliphatic hydroxyl groups is 1. The van der Waals surface area contributed by atoms with Crippen LogP contribution < -0.4 is 5.32 Å². The second-order valence-corrected chi connectivity index (χ2v) is 8.76. The molecule has 2 aliphatic rings. The molecular weight excluding hydrogens is 434 g/mol. The number of aliphatic hydroxyl groups excluding tert-OH is 1. The lowest BCUT2D eigenvalue weighted by Gasteiger charge is -2.44. The van der Waals surface area contributed by atoms with Gasteiger partial charge in [0, 0.05) is 37.8 Å². The summed E-state index contributed by atoms with van der Waals surface area (Å²) in [7, 11) is 0. The lowest BCUT2D eigenvalue weighted by molar-refractivity contribution is -0.148. The summed E-state index contributed by atoms with van der Waals surface area (Å²) >= 11 is 0. The Morgan fingerprint density at radius 3 is 2.41 bits per heavy atom. The summed E-state index contributed by atoms with van der Waals surface area (Å²) < 4.78 is 10.5. The summed E-state index contributed by atoms with van der Waals surface area (Å²) in [4.78, 5) is 28.9. The van der Waals surface area contributed by atoms with Gasteiger partial charge in [-0.3, -0.25) is 14.6 Å². The molecule has 2 aromatic carbocycles. The first-order valence-corrected chi connectivity index (χ1v) is 11.9. The average molecular weight is 468 g/mol. The van der Waals surface area contributed by atoms with Crippen molar-refractivity contribution in [3.8, 4) is 0 Å². The van der Waals surface area contributed by atoms with Crippen LogP contribution in [0.25, 0.3) is 0 Å². The zero-order chi connectivity index (χ0) is 23.9. The Kier molecular flexibility index (Phi) is 8.29. The smallest absolute Gasteiger partial charge is 0.338 e. The highest BCUT2D eigenvalue weighted by Crippen LogP contribution is 2.29. The van der Waals surface area contributed by atoms with Gasteiger partial charge in [0.15, 0.2) is 6.35 Å². The topological polar surface area (TPSA) is 91.3 Å². The van der Waals surface area contributed by atoms with E-state index in [4.69, 9.17) is 9.47 Å². The Labute approximate surface area is 200 Å². The fourth-order valence-electron chi connectivity index (χ4n) is 4.67. The first-order chi connectivity index (χ1) is 16.5. The molecule has 0 spiro atoms. The molecular formula is C26H33N3O5. The van der Waals surface area contributed by atoms with Gasteiger partial charge in [-0.15, -0.1) is 0 Å². The van der Waals surface area contributed by atoms with Gasteiger partial charge in [-0.2, -0.15) is 0 Å². The molecule has 8 heteroatoms. The van der Waals surface area contributed by atoms with E-state index in [-0.39, 0.29) is 23.8 Å². The highest BCUT2D eigenvalue weighted by Gasteiger charge is 2.35. The molecule has 2 aromatic rings. The summed E-state index contributed by atoms with van der Waals surface area (Å²) in [5, 5.41) is 14.3. The van der Waals surface area contributed by atoms with Crippen molar-refractivity contribution in [2.75, 3.05) is 46.0 Å². The summed E-state index contributed by atoms with van der Waals surface area (Å²) in [6, 6.07) is 16.5. The van der Waals surface area contributed by atoms with Gasteiger partial charge in [0.2, 0.25) is 0 Å². The fourth-order valence-corrected chi connectivity index (χ4v) is 4.67. The first-order valence-electron chi connectivity index (χ1n) is 11.9. The molecule has 8 nitrogen and oxygen atoms in total. The number of morpholine rings is 1. The number of ether oxygens (including phenoxy) is 2. The number of carbonyl (C=O) groups excluding carboxylic acids is 2. The molecule has 0 saturated carbocycles. The van der Waals surface area contributed by atoms with Gasteiger partial charge in [-0.1, -0.05) is 30.3 Å². The number of hydrogen-bond donors (Lipinski definition) is 2. The SMILES string of the molecule is CCOC(=O)c1ccc(C2CC(NC(=O)c3ccccc3)CN(C(O)N3CCOCC3)C2)cc1. The number of nitrogens with zero attached hydrogens (tertiary/aromatic N) is 2. The Morgan fingerprint density at radius 2 is 1.74 bits per heavy atom. The lowest BCUT2D eigenvalue weighted by Crippen LogP contribution is -2.59. The van der Waals surface area contributed by atoms with E-state index in [0.29, 0.717) is 57.1 Å². The van der Waals surface area contributed by atoms with E-state index in [2.05, 4.69) is 5.32 Å². The van der Waals surface area contributed by atoms with Gasteiger partial charge in [-0.05, 0) is 49.1 Å². The second-order valence-electron chi connectivity index (χ2n) is 8.76. The molecule has 2 N–H and O–H groups in total. The lowest BCUT2D eigenvalue weighted by atomic mass is 9.87. The number of hydrogen-bond acceptors (Lipinski definition) is 7. The van der Waals surface area contributed by atoms with Gasteiger partial charge in [0.25, 0.3) is 5.91 Å². The highest BCUT2D eigenvalue weighted by atomic mass is 16.5. The molecule has 0 radical (unpaired) electrons. The monoisotopic (exact) mass is 467 g/mol. The van der Waals surface area contributed by atoms with Gasteiger partial charge in [-0.25, -0.2) is 4.79 Å². The largest absolute Gasteiger partial charge is 0.462 e. The Bertz CT molecular complexity index is 947. The maximum Gasteiger partial charge on any atom is 0.338 e. The maximum absolute atomic E-state index is 12.8. The van der Waals surface area contributed by atoms with Crippen LogP contribution in [0.1, 0.15) is 45.5 Å². The van der Waals surface area contributed by atoms with Crippen LogP contribution >= 0.6 is 0 Å². The van der Waals surface area contributed by atoms with Crippen molar-refractivity contribution in [2.45, 2.75) is 31.7 Å². The number of carbonyl (C=O) groups is 2. The molecule has 2 saturated heterocycles. The second kappa shape index (κ2) is 11.6. The molecule has 0 bridgehead atoms. The highest BCUT2D eigenvalue weighted by molar-refractivity contribution is 5.94. The van der Waals surface area contributed by atoms with E-state index in [1.54, 1.807) is 31.2 Å². The number of nitrogens with one attached hydrogen (secondary N) is 1. The van der Waals surface area contributed by atoms with Gasteiger partial charge >= 0.3 is 5.97 Å². The van der Waals surface area contributed by atoms with E-state index < -0.39 is 6.35 Å². The van der Waals surface area contributed by atoms with E-state index in [0.717, 1.165) is 12.0 Å². The van der Waals surface area contributed by atoms with Crippen LogP contribution in [-0.2, 0) is 9.47 Å². The molecule has 3 unspecified atom stereocenters. The normalized spacial score (nSPS) is 22.6. The predicted octanol–water partition coefficient (Wildman–Crippen LogP) is 2.06. The number of likely N-dealkylation sites (tertiary alicyclic amines) is 1. The zero-order valence-corrected chi connectivity index (χ0v) is 19.6. The van der Waals surface area contributed by atoms with Crippen molar-refractivity contribution in [2.24, 2.45) is 0 Å². The Hall–Kier alpha value is -2.78. The number of amides is 1. The quantitative estimate of drug-likeness (QED) is 0.603. The number of esters is 1. The third kappa shape index (κ3) is 6.01. The fraction of sp³-hybridized carbons (Fsp3) is 0.462. The van der Waals surface area contributed by atoms with E-state index in [9.17, 15) is 14.7 Å². The zero-order valence-electron chi connectivity index (χ0n) is 19.6. The van der Waals surface area contributed by atoms with Crippen LogP contribution in [0.15, 0.2) is 54.6 Å². The van der Waals surface area contributed by atoms with Crippen LogP contribution in [0.4, 0.5) is 0 Å². The van der Waals surface area contributed by atoms with Crippen LogP contribution in [0.2, 0.25) is 0 Å². The van der Waals surface area contributed by atoms with Crippen molar-refractivity contribution in [1.29, 1.82) is 0 Å². The van der Waals surface area contributed by atoms with Crippen LogP contribution in [0.3, 0.4) is 0 Å². The van der Waals surface area contributed by atoms with Crippen LogP contribution in [-0.4, -0.2) is 85.2 Å². The standard InChI is InChI=1S/C26H33N3O5/c1-2-34-25(31)21-10-8-19(9-11-21)22-16-23(27-24(30)20-6-4-3-5-7-20)18-29(17-22)26(32)28-12-14-33-15-13-28/h3-11,22-23,26,32H,2,12-18H2,1H3,(H,27,30). The number of piperidine rings is 1. The summed E-state index contributed by atoms with van der Waals surface area (Å²) in [5.41, 5.74) is 2.19. The summed E-state index contributed by atoms with van der Waals surface area (Å²) in [6.45, 7) is 5.83. The Balaban J connectivity index is 1.51. The molecule has 2 heterocycles. The van der Waals surface area contributed by atoms with Crippen LogP contribution in [0, 0.1) is 0 Å².